The zero-order valence-electron chi connectivity index (χ0n) is 14.5. The second-order valence-electron chi connectivity index (χ2n) is 6.00. The first-order valence-corrected chi connectivity index (χ1v) is 10.6. The Morgan fingerprint density at radius 3 is 2.88 bits per heavy atom. The number of carbonyl (C=O) groups excluding carboxylic acids is 1. The number of nitrogens with zero attached hydrogens (tertiary/aromatic N) is 1. The van der Waals surface area contributed by atoms with Crippen LogP contribution in [0, 0.1) is 0 Å². The molecule has 0 radical (unpaired) electrons. The lowest BCUT2D eigenvalue weighted by Crippen LogP contribution is -2.41. The van der Waals surface area contributed by atoms with Crippen molar-refractivity contribution < 1.29 is 19.1 Å². The quantitative estimate of drug-likeness (QED) is 0.743. The first-order valence-electron chi connectivity index (χ1n) is 8.52. The lowest BCUT2D eigenvalue weighted by Gasteiger charge is -2.32. The molecule has 1 aromatic carbocycles. The summed E-state index contributed by atoms with van der Waals surface area (Å²) in [5.41, 5.74) is 0.836. The number of carbonyl (C=O) groups is 2. The third kappa shape index (κ3) is 4.27. The lowest BCUT2D eigenvalue weighted by molar-refractivity contribution is 0.0693. The SMILES string of the molecule is CCC1CN(C(=O)c2ccccc2SCc2occc2C(=O)O)CCS1. The van der Waals surface area contributed by atoms with Gasteiger partial charge in [0.15, 0.2) is 0 Å². The Labute approximate surface area is 161 Å². The summed E-state index contributed by atoms with van der Waals surface area (Å²) in [6, 6.07) is 8.94. The van der Waals surface area contributed by atoms with Gasteiger partial charge in [0.25, 0.3) is 5.91 Å². The summed E-state index contributed by atoms with van der Waals surface area (Å²) in [5, 5.41) is 9.68. The molecular weight excluding hydrogens is 370 g/mol. The Kier molecular flexibility index (Phi) is 6.32. The normalized spacial score (nSPS) is 17.3. The summed E-state index contributed by atoms with van der Waals surface area (Å²) >= 11 is 3.35. The van der Waals surface area contributed by atoms with Gasteiger partial charge in [-0.3, -0.25) is 4.79 Å². The fourth-order valence-electron chi connectivity index (χ4n) is 2.88. The van der Waals surface area contributed by atoms with Crippen molar-refractivity contribution >= 4 is 35.4 Å². The van der Waals surface area contributed by atoms with Gasteiger partial charge in [-0.25, -0.2) is 4.79 Å². The first-order chi connectivity index (χ1) is 12.6. The van der Waals surface area contributed by atoms with Crippen LogP contribution in [0.15, 0.2) is 45.9 Å². The number of rotatable bonds is 6. The van der Waals surface area contributed by atoms with Crippen LogP contribution in [0.3, 0.4) is 0 Å². The average Bonchev–Trinajstić information content (AvgIpc) is 3.15. The van der Waals surface area contributed by atoms with Crippen molar-refractivity contribution in [2.75, 3.05) is 18.8 Å². The van der Waals surface area contributed by atoms with Crippen molar-refractivity contribution in [2.45, 2.75) is 29.2 Å². The van der Waals surface area contributed by atoms with Crippen LogP contribution < -0.4 is 0 Å². The van der Waals surface area contributed by atoms with Crippen LogP contribution in [0.5, 0.6) is 0 Å². The van der Waals surface area contributed by atoms with Gasteiger partial charge in [-0.15, -0.1) is 11.8 Å². The zero-order valence-corrected chi connectivity index (χ0v) is 16.1. The number of carboxylic acid groups (broad SMARTS) is 1. The van der Waals surface area contributed by atoms with E-state index in [1.165, 1.54) is 24.1 Å². The van der Waals surface area contributed by atoms with Gasteiger partial charge in [0.2, 0.25) is 0 Å². The van der Waals surface area contributed by atoms with E-state index < -0.39 is 5.97 Å². The van der Waals surface area contributed by atoms with Gasteiger partial charge in [-0.2, -0.15) is 11.8 Å². The molecule has 1 atom stereocenters. The predicted octanol–water partition coefficient (Wildman–Crippen LogP) is 4.24. The van der Waals surface area contributed by atoms with E-state index in [1.807, 2.05) is 40.9 Å². The molecule has 138 valence electrons. The van der Waals surface area contributed by atoms with Crippen LogP contribution >= 0.6 is 23.5 Å². The highest BCUT2D eigenvalue weighted by Crippen LogP contribution is 2.30. The van der Waals surface area contributed by atoms with Crippen LogP contribution in [0.4, 0.5) is 0 Å². The summed E-state index contributed by atoms with van der Waals surface area (Å²) in [5.74, 6) is 0.783. The fraction of sp³-hybridized carbons (Fsp3) is 0.368. The maximum atomic E-state index is 13.0. The summed E-state index contributed by atoms with van der Waals surface area (Å²) in [7, 11) is 0. The Hall–Kier alpha value is -1.86. The first kappa shape index (κ1) is 18.9. The molecule has 5 nitrogen and oxygen atoms in total. The molecule has 26 heavy (non-hydrogen) atoms. The molecule has 1 amide bonds. The molecule has 1 fully saturated rings. The minimum absolute atomic E-state index is 0.0461. The van der Waals surface area contributed by atoms with Crippen molar-refractivity contribution in [2.24, 2.45) is 0 Å². The maximum Gasteiger partial charge on any atom is 0.339 e. The molecule has 0 bridgehead atoms. The van der Waals surface area contributed by atoms with Crippen LogP contribution in [-0.4, -0.2) is 46.0 Å². The van der Waals surface area contributed by atoms with Crippen LogP contribution in [0.25, 0.3) is 0 Å². The predicted molar refractivity (Wildman–Crippen MR) is 104 cm³/mol. The maximum absolute atomic E-state index is 13.0. The summed E-state index contributed by atoms with van der Waals surface area (Å²) in [6.45, 7) is 3.69. The van der Waals surface area contributed by atoms with Gasteiger partial charge in [-0.1, -0.05) is 19.1 Å². The Morgan fingerprint density at radius 2 is 2.12 bits per heavy atom. The van der Waals surface area contributed by atoms with Crippen LogP contribution in [-0.2, 0) is 5.75 Å². The van der Waals surface area contributed by atoms with Gasteiger partial charge >= 0.3 is 5.97 Å². The largest absolute Gasteiger partial charge is 0.478 e. The summed E-state index contributed by atoms with van der Waals surface area (Å²) in [4.78, 5) is 27.0. The third-order valence-electron chi connectivity index (χ3n) is 4.33. The number of aromatic carboxylic acids is 1. The standard InChI is InChI=1S/C19H21NO4S2/c1-2-13-11-20(8-10-25-13)18(21)15-5-3-4-6-17(15)26-12-16-14(19(22)23)7-9-24-16/h3-7,9,13H,2,8,10-12H2,1H3,(H,22,23). The van der Waals surface area contributed by atoms with E-state index >= 15 is 0 Å². The van der Waals surface area contributed by atoms with E-state index in [4.69, 9.17) is 4.42 Å². The summed E-state index contributed by atoms with van der Waals surface area (Å²) in [6.07, 6.45) is 2.44. The second-order valence-corrected chi connectivity index (χ2v) is 8.43. The Balaban J connectivity index is 1.74. The smallest absolute Gasteiger partial charge is 0.339 e. The number of amides is 1. The molecule has 0 saturated carbocycles. The number of carboxylic acids is 1. The van der Waals surface area contributed by atoms with Gasteiger partial charge in [0, 0.05) is 29.0 Å². The van der Waals surface area contributed by atoms with E-state index in [-0.39, 0.29) is 11.5 Å². The molecule has 0 spiro atoms. The molecule has 3 rings (SSSR count). The molecule has 1 aromatic heterocycles. The topological polar surface area (TPSA) is 70.8 Å². The van der Waals surface area contributed by atoms with Crippen molar-refractivity contribution in [1.82, 2.24) is 4.90 Å². The molecule has 1 aliphatic rings. The highest BCUT2D eigenvalue weighted by atomic mass is 32.2. The molecule has 1 aliphatic heterocycles. The van der Waals surface area contributed by atoms with Crippen molar-refractivity contribution in [3.8, 4) is 0 Å². The molecule has 1 N–H and O–H groups in total. The minimum atomic E-state index is -1.00. The van der Waals surface area contributed by atoms with E-state index in [2.05, 4.69) is 6.92 Å². The molecule has 0 aliphatic carbocycles. The van der Waals surface area contributed by atoms with Gasteiger partial charge in [0.1, 0.15) is 11.3 Å². The van der Waals surface area contributed by atoms with Crippen molar-refractivity contribution in [1.29, 1.82) is 0 Å². The van der Waals surface area contributed by atoms with Gasteiger partial charge in [0.05, 0.1) is 17.6 Å². The molecule has 2 aromatic rings. The fourth-order valence-corrected chi connectivity index (χ4v) is 5.05. The second kappa shape index (κ2) is 8.68. The van der Waals surface area contributed by atoms with E-state index in [1.54, 1.807) is 0 Å². The highest BCUT2D eigenvalue weighted by Gasteiger charge is 2.25. The van der Waals surface area contributed by atoms with Gasteiger partial charge in [-0.05, 0) is 24.6 Å². The third-order valence-corrected chi connectivity index (χ3v) is 6.78. The Morgan fingerprint density at radius 1 is 1.31 bits per heavy atom. The van der Waals surface area contributed by atoms with E-state index in [9.17, 15) is 14.7 Å². The zero-order chi connectivity index (χ0) is 18.5. The van der Waals surface area contributed by atoms with E-state index in [0.29, 0.717) is 22.3 Å². The van der Waals surface area contributed by atoms with Crippen molar-refractivity contribution in [3.63, 3.8) is 0 Å². The molecule has 7 heteroatoms. The monoisotopic (exact) mass is 391 g/mol. The number of benzene rings is 1. The van der Waals surface area contributed by atoms with Crippen LogP contribution in [0.1, 0.15) is 39.8 Å². The number of hydrogen-bond acceptors (Lipinski definition) is 5. The summed E-state index contributed by atoms with van der Waals surface area (Å²) < 4.78 is 5.29. The minimum Gasteiger partial charge on any atom is -0.478 e. The molecule has 1 unspecified atom stereocenters. The average molecular weight is 392 g/mol. The molecule has 1 saturated heterocycles. The van der Waals surface area contributed by atoms with E-state index in [0.717, 1.165) is 30.2 Å². The molecule has 2 heterocycles. The lowest BCUT2D eigenvalue weighted by atomic mass is 10.2. The van der Waals surface area contributed by atoms with Crippen molar-refractivity contribution in [3.05, 3.63) is 53.5 Å². The Bertz CT molecular complexity index is 789. The van der Waals surface area contributed by atoms with Crippen LogP contribution in [0.2, 0.25) is 0 Å². The number of hydrogen-bond donors (Lipinski definition) is 1. The number of furan rings is 1. The molecular formula is C19H21NO4S2. The number of thioether (sulfide) groups is 2. The highest BCUT2D eigenvalue weighted by molar-refractivity contribution is 8.00. The van der Waals surface area contributed by atoms with Gasteiger partial charge < -0.3 is 14.4 Å².